The Morgan fingerprint density at radius 2 is 1.82 bits per heavy atom. The van der Waals surface area contributed by atoms with Crippen LogP contribution in [-0.2, 0) is 17.6 Å². The van der Waals surface area contributed by atoms with Crippen LogP contribution in [0.4, 0.5) is 4.79 Å². The second-order valence-corrected chi connectivity index (χ2v) is 13.2. The molecule has 2 aliphatic carbocycles. The van der Waals surface area contributed by atoms with Crippen LogP contribution in [0.15, 0.2) is 34.0 Å². The number of amides is 3. The molecule has 1 atom stereocenters. The number of likely N-dealkylation sites (tertiary alicyclic amines) is 1. The van der Waals surface area contributed by atoms with Crippen molar-refractivity contribution in [1.29, 1.82) is 0 Å². The van der Waals surface area contributed by atoms with Crippen LogP contribution in [0.3, 0.4) is 0 Å². The molecular weight excluding hydrogens is 681 g/mol. The van der Waals surface area contributed by atoms with Crippen LogP contribution in [-0.4, -0.2) is 40.6 Å². The highest BCUT2D eigenvalue weighted by molar-refractivity contribution is 14.1. The molecule has 1 saturated heterocycles. The molecule has 1 aromatic carbocycles. The second-order valence-electron chi connectivity index (χ2n) is 10.7. The predicted octanol–water partition coefficient (Wildman–Crippen LogP) is 6.18. The number of hydrogen-bond donors (Lipinski definition) is 2. The Hall–Kier alpha value is -1.72. The number of urea groups is 1. The molecule has 1 saturated carbocycles. The Labute approximate surface area is 250 Å². The summed E-state index contributed by atoms with van der Waals surface area (Å²) in [5.41, 5.74) is 13.5. The number of aryl methyl sites for hydroxylation is 2. The SMILES string of the molecule is NC(=O)NN=C1CCC(CC(=O)N2CCC([C@H]3c4ncc(I)cc4CCc4cc(Cl)cc(Br)c43)CC2)CC1. The molecule has 2 aromatic rings. The summed E-state index contributed by atoms with van der Waals surface area (Å²) >= 11 is 12.6. The van der Waals surface area contributed by atoms with Gasteiger partial charge in [-0.25, -0.2) is 10.2 Å². The van der Waals surface area contributed by atoms with Crippen LogP contribution in [0.1, 0.15) is 73.2 Å². The van der Waals surface area contributed by atoms with Gasteiger partial charge in [0, 0.05) is 50.4 Å². The number of halogens is 3. The summed E-state index contributed by atoms with van der Waals surface area (Å²) in [5, 5.41) is 4.83. The van der Waals surface area contributed by atoms with Gasteiger partial charge in [-0.2, -0.15) is 5.10 Å². The van der Waals surface area contributed by atoms with Crippen LogP contribution in [0, 0.1) is 15.4 Å². The number of fused-ring (bicyclic) bond motifs is 2. The zero-order valence-electron chi connectivity index (χ0n) is 21.2. The number of hydrogen-bond acceptors (Lipinski definition) is 4. The van der Waals surface area contributed by atoms with E-state index in [2.05, 4.69) is 66.1 Å². The monoisotopic (exact) mass is 711 g/mol. The number of carbonyl (C=O) groups is 2. The highest BCUT2D eigenvalue weighted by atomic mass is 127. The van der Waals surface area contributed by atoms with E-state index < -0.39 is 6.03 Å². The summed E-state index contributed by atoms with van der Waals surface area (Å²) in [4.78, 5) is 31.1. The maximum Gasteiger partial charge on any atom is 0.332 e. The number of carbonyl (C=O) groups excluding carboxylic acids is 2. The van der Waals surface area contributed by atoms with Crippen molar-refractivity contribution in [3.8, 4) is 0 Å². The number of primary amides is 1. The third-order valence-electron chi connectivity index (χ3n) is 8.25. The van der Waals surface area contributed by atoms with Crippen molar-refractivity contribution < 1.29 is 9.59 Å². The van der Waals surface area contributed by atoms with Gasteiger partial charge in [-0.1, -0.05) is 27.5 Å². The van der Waals surface area contributed by atoms with Crippen LogP contribution in [0.25, 0.3) is 0 Å². The molecule has 1 aromatic heterocycles. The number of benzene rings is 1. The van der Waals surface area contributed by atoms with Crippen molar-refractivity contribution >= 4 is 67.8 Å². The molecule has 10 heteroatoms. The molecule has 1 aliphatic heterocycles. The fraction of sp³-hybridized carbons (Fsp3) is 0.500. The molecule has 0 bridgehead atoms. The molecule has 3 amide bonds. The fourth-order valence-electron chi connectivity index (χ4n) is 6.35. The zero-order chi connectivity index (χ0) is 26.8. The molecule has 0 radical (unpaired) electrons. The average molecular weight is 713 g/mol. The molecule has 7 nitrogen and oxygen atoms in total. The minimum absolute atomic E-state index is 0.188. The van der Waals surface area contributed by atoms with Gasteiger partial charge in [0.1, 0.15) is 0 Å². The largest absolute Gasteiger partial charge is 0.350 e. The van der Waals surface area contributed by atoms with Gasteiger partial charge in [-0.05, 0) is 121 Å². The Bertz CT molecular complexity index is 1250. The number of pyridine rings is 1. The van der Waals surface area contributed by atoms with Crippen molar-refractivity contribution in [1.82, 2.24) is 15.3 Å². The van der Waals surface area contributed by atoms with Crippen molar-refractivity contribution in [2.75, 3.05) is 13.1 Å². The van der Waals surface area contributed by atoms with Gasteiger partial charge in [0.15, 0.2) is 0 Å². The average Bonchev–Trinajstić information content (AvgIpc) is 3.05. The number of nitrogens with zero attached hydrogens (tertiary/aromatic N) is 3. The molecule has 2 heterocycles. The molecule has 0 unspecified atom stereocenters. The second kappa shape index (κ2) is 12.2. The molecule has 3 N–H and O–H groups in total. The van der Waals surface area contributed by atoms with Crippen molar-refractivity contribution in [2.24, 2.45) is 22.7 Å². The molecule has 3 aliphatic rings. The summed E-state index contributed by atoms with van der Waals surface area (Å²) in [6.07, 6.45) is 9.80. The van der Waals surface area contributed by atoms with Crippen molar-refractivity contribution in [3.05, 3.63) is 59.8 Å². The minimum atomic E-state index is -0.643. The summed E-state index contributed by atoms with van der Waals surface area (Å²) in [7, 11) is 0. The first-order chi connectivity index (χ1) is 18.3. The molecule has 38 heavy (non-hydrogen) atoms. The van der Waals surface area contributed by atoms with E-state index in [4.69, 9.17) is 22.3 Å². The lowest BCUT2D eigenvalue weighted by molar-refractivity contribution is -0.133. The number of nitrogens with one attached hydrogen (secondary N) is 1. The first-order valence-corrected chi connectivity index (χ1v) is 15.5. The van der Waals surface area contributed by atoms with Crippen LogP contribution in [0.2, 0.25) is 5.02 Å². The van der Waals surface area contributed by atoms with Gasteiger partial charge in [0.25, 0.3) is 0 Å². The van der Waals surface area contributed by atoms with Gasteiger partial charge >= 0.3 is 6.03 Å². The lowest BCUT2D eigenvalue weighted by Crippen LogP contribution is -2.41. The number of nitrogens with two attached hydrogens (primary N) is 1. The number of hydrazone groups is 1. The predicted molar refractivity (Wildman–Crippen MR) is 161 cm³/mol. The topological polar surface area (TPSA) is 101 Å². The Kier molecular flexibility index (Phi) is 8.94. The van der Waals surface area contributed by atoms with E-state index in [-0.39, 0.29) is 11.8 Å². The summed E-state index contributed by atoms with van der Waals surface area (Å²) in [6, 6.07) is 5.76. The van der Waals surface area contributed by atoms with E-state index in [1.807, 2.05) is 12.3 Å². The van der Waals surface area contributed by atoms with Crippen LogP contribution in [0.5, 0.6) is 0 Å². The van der Waals surface area contributed by atoms with Crippen LogP contribution < -0.4 is 11.2 Å². The highest BCUT2D eigenvalue weighted by Crippen LogP contribution is 2.46. The summed E-state index contributed by atoms with van der Waals surface area (Å²) in [6.45, 7) is 1.56. The molecule has 202 valence electrons. The van der Waals surface area contributed by atoms with Gasteiger partial charge in [-0.15, -0.1) is 0 Å². The van der Waals surface area contributed by atoms with Crippen LogP contribution >= 0.6 is 50.1 Å². The Morgan fingerprint density at radius 1 is 1.11 bits per heavy atom. The van der Waals surface area contributed by atoms with E-state index in [0.29, 0.717) is 18.3 Å². The van der Waals surface area contributed by atoms with E-state index >= 15 is 0 Å². The Morgan fingerprint density at radius 3 is 2.53 bits per heavy atom. The third-order valence-corrected chi connectivity index (χ3v) is 9.72. The maximum atomic E-state index is 13.2. The van der Waals surface area contributed by atoms with Gasteiger partial charge < -0.3 is 10.6 Å². The van der Waals surface area contributed by atoms with E-state index in [0.717, 1.165) is 83.2 Å². The number of piperidine rings is 1. The van der Waals surface area contributed by atoms with Gasteiger partial charge in [-0.3, -0.25) is 9.78 Å². The third kappa shape index (κ3) is 6.36. The van der Waals surface area contributed by atoms with E-state index in [9.17, 15) is 9.59 Å². The quantitative estimate of drug-likeness (QED) is 0.293. The van der Waals surface area contributed by atoms with Gasteiger partial charge in [0.2, 0.25) is 5.91 Å². The number of aromatic nitrogens is 1. The standard InChI is InChI=1S/C28H32BrClIN5O2/c29-23-14-20(30)12-18-3-4-19-13-21(31)15-33-27(19)26(25(18)23)17-7-9-36(10-8-17)24(37)11-16-1-5-22(6-2-16)34-35-28(32)38/h12-17,26H,1-11H2,(H3,32,35,38)/t16?,26-/m1/s1. The lowest BCUT2D eigenvalue weighted by atomic mass is 9.76. The minimum Gasteiger partial charge on any atom is -0.350 e. The summed E-state index contributed by atoms with van der Waals surface area (Å²) in [5.74, 6) is 1.21. The highest BCUT2D eigenvalue weighted by Gasteiger charge is 2.36. The maximum absolute atomic E-state index is 13.2. The molecule has 2 fully saturated rings. The normalized spacial score (nSPS) is 21.8. The smallest absolute Gasteiger partial charge is 0.332 e. The first kappa shape index (κ1) is 27.8. The van der Waals surface area contributed by atoms with Gasteiger partial charge in [0.05, 0.1) is 5.69 Å². The molecular formula is C28H32BrClIN5O2. The van der Waals surface area contributed by atoms with Crippen molar-refractivity contribution in [3.63, 3.8) is 0 Å². The van der Waals surface area contributed by atoms with E-state index in [1.54, 1.807) is 0 Å². The fourth-order valence-corrected chi connectivity index (χ4v) is 7.99. The summed E-state index contributed by atoms with van der Waals surface area (Å²) < 4.78 is 2.22. The van der Waals surface area contributed by atoms with E-state index in [1.165, 1.54) is 22.4 Å². The zero-order valence-corrected chi connectivity index (χ0v) is 25.7. The molecule has 5 rings (SSSR count). The first-order valence-electron chi connectivity index (χ1n) is 13.3. The lowest BCUT2D eigenvalue weighted by Gasteiger charge is -2.37. The number of rotatable bonds is 4. The molecule has 0 spiro atoms. The van der Waals surface area contributed by atoms with Crippen molar-refractivity contribution in [2.45, 2.75) is 63.7 Å². The Balaban J connectivity index is 1.26.